The average molecular weight is 277 g/mol. The van der Waals surface area contributed by atoms with E-state index in [9.17, 15) is 9.90 Å². The summed E-state index contributed by atoms with van der Waals surface area (Å²) in [6, 6.07) is 9.26. The molecular formula is C17H27NO2. The molecule has 1 rings (SSSR count). The number of aliphatic hydroxyl groups excluding tert-OH is 1. The molecule has 0 bridgehead atoms. The van der Waals surface area contributed by atoms with E-state index in [-0.39, 0.29) is 24.0 Å². The number of hydrogen-bond donors (Lipinski definition) is 2. The van der Waals surface area contributed by atoms with Crippen LogP contribution in [0.15, 0.2) is 30.3 Å². The van der Waals surface area contributed by atoms with Crippen molar-refractivity contribution in [3.63, 3.8) is 0 Å². The normalized spacial score (nSPS) is 14.7. The van der Waals surface area contributed by atoms with Crippen LogP contribution in [0.5, 0.6) is 0 Å². The van der Waals surface area contributed by atoms with Crippen LogP contribution in [-0.2, 0) is 4.79 Å². The third-order valence-corrected chi connectivity index (χ3v) is 3.21. The van der Waals surface area contributed by atoms with Crippen molar-refractivity contribution in [2.24, 2.45) is 11.3 Å². The number of benzene rings is 1. The van der Waals surface area contributed by atoms with Crippen LogP contribution in [0.25, 0.3) is 0 Å². The first-order valence-corrected chi connectivity index (χ1v) is 7.27. The topological polar surface area (TPSA) is 49.3 Å². The highest BCUT2D eigenvalue weighted by Gasteiger charge is 2.19. The van der Waals surface area contributed by atoms with E-state index in [4.69, 9.17) is 0 Å². The van der Waals surface area contributed by atoms with Crippen molar-refractivity contribution in [2.45, 2.75) is 46.6 Å². The zero-order valence-electron chi connectivity index (χ0n) is 13.0. The summed E-state index contributed by atoms with van der Waals surface area (Å²) in [4.78, 5) is 12.1. The molecule has 0 saturated heterocycles. The van der Waals surface area contributed by atoms with E-state index in [0.717, 1.165) is 12.0 Å². The van der Waals surface area contributed by atoms with Gasteiger partial charge in [0.15, 0.2) is 0 Å². The van der Waals surface area contributed by atoms with Crippen LogP contribution in [0.1, 0.15) is 52.1 Å². The number of amides is 1. The molecule has 20 heavy (non-hydrogen) atoms. The molecule has 0 aliphatic heterocycles. The van der Waals surface area contributed by atoms with E-state index in [0.29, 0.717) is 12.3 Å². The standard InChI is InChI=1S/C17H27NO2/c1-13(11-17(2,3)4)10-16(20)18-15(12-19)14-8-6-5-7-9-14/h5-9,13,15,19H,10-12H2,1-4H3,(H,18,20). The van der Waals surface area contributed by atoms with E-state index >= 15 is 0 Å². The molecule has 0 aliphatic rings. The minimum absolute atomic E-state index is 0.00431. The largest absolute Gasteiger partial charge is 0.394 e. The van der Waals surface area contributed by atoms with Crippen molar-refractivity contribution < 1.29 is 9.90 Å². The summed E-state index contributed by atoms with van der Waals surface area (Å²) in [7, 11) is 0. The Morgan fingerprint density at radius 2 is 1.85 bits per heavy atom. The predicted octanol–water partition coefficient (Wildman–Crippen LogP) is 3.30. The summed E-state index contributed by atoms with van der Waals surface area (Å²) in [6.45, 7) is 8.57. The fraction of sp³-hybridized carbons (Fsp3) is 0.588. The van der Waals surface area contributed by atoms with Gasteiger partial charge in [-0.15, -0.1) is 0 Å². The third kappa shape index (κ3) is 6.20. The first-order valence-electron chi connectivity index (χ1n) is 7.27. The van der Waals surface area contributed by atoms with E-state index in [2.05, 4.69) is 33.0 Å². The van der Waals surface area contributed by atoms with Crippen molar-refractivity contribution >= 4 is 5.91 Å². The lowest BCUT2D eigenvalue weighted by atomic mass is 9.84. The maximum absolute atomic E-state index is 12.1. The number of hydrogen-bond acceptors (Lipinski definition) is 2. The second-order valence-corrected chi connectivity index (χ2v) is 6.79. The monoisotopic (exact) mass is 277 g/mol. The van der Waals surface area contributed by atoms with Crippen molar-refractivity contribution in [1.29, 1.82) is 0 Å². The molecule has 2 atom stereocenters. The molecule has 2 unspecified atom stereocenters. The molecule has 0 aromatic heterocycles. The molecule has 0 aliphatic carbocycles. The van der Waals surface area contributed by atoms with Gasteiger partial charge in [0.1, 0.15) is 0 Å². The zero-order valence-corrected chi connectivity index (χ0v) is 13.0. The van der Waals surface area contributed by atoms with Gasteiger partial charge < -0.3 is 10.4 Å². The molecule has 112 valence electrons. The highest BCUT2D eigenvalue weighted by Crippen LogP contribution is 2.26. The molecular weight excluding hydrogens is 250 g/mol. The van der Waals surface area contributed by atoms with Gasteiger partial charge in [-0.2, -0.15) is 0 Å². The van der Waals surface area contributed by atoms with E-state index < -0.39 is 0 Å². The van der Waals surface area contributed by atoms with Crippen LogP contribution < -0.4 is 5.32 Å². The van der Waals surface area contributed by atoms with Crippen molar-refractivity contribution in [2.75, 3.05) is 6.61 Å². The molecule has 1 amide bonds. The zero-order chi connectivity index (χ0) is 15.2. The molecule has 0 fully saturated rings. The van der Waals surface area contributed by atoms with Gasteiger partial charge in [0, 0.05) is 6.42 Å². The summed E-state index contributed by atoms with van der Waals surface area (Å²) in [5.41, 5.74) is 1.17. The number of rotatable bonds is 6. The molecule has 0 spiro atoms. The molecule has 1 aromatic rings. The fourth-order valence-corrected chi connectivity index (χ4v) is 2.61. The van der Waals surface area contributed by atoms with Crippen LogP contribution >= 0.6 is 0 Å². The lowest BCUT2D eigenvalue weighted by Crippen LogP contribution is -2.32. The van der Waals surface area contributed by atoms with Crippen LogP contribution in [0, 0.1) is 11.3 Å². The van der Waals surface area contributed by atoms with Gasteiger partial charge in [-0.05, 0) is 23.3 Å². The number of carbonyl (C=O) groups excluding carboxylic acids is 1. The second-order valence-electron chi connectivity index (χ2n) is 6.79. The van der Waals surface area contributed by atoms with Gasteiger partial charge in [-0.1, -0.05) is 58.0 Å². The minimum atomic E-state index is -0.314. The lowest BCUT2D eigenvalue weighted by Gasteiger charge is -2.24. The molecule has 0 heterocycles. The Labute approximate surface area is 122 Å². The van der Waals surface area contributed by atoms with Gasteiger partial charge >= 0.3 is 0 Å². The second kappa shape index (κ2) is 7.44. The van der Waals surface area contributed by atoms with Gasteiger partial charge in [0.2, 0.25) is 5.91 Å². The van der Waals surface area contributed by atoms with E-state index in [1.54, 1.807) is 0 Å². The Morgan fingerprint density at radius 1 is 1.25 bits per heavy atom. The van der Waals surface area contributed by atoms with Gasteiger partial charge in [-0.25, -0.2) is 0 Å². The Morgan fingerprint density at radius 3 is 2.35 bits per heavy atom. The Hall–Kier alpha value is -1.35. The molecule has 3 heteroatoms. The number of aliphatic hydroxyl groups is 1. The Kier molecular flexibility index (Phi) is 6.21. The molecule has 1 aromatic carbocycles. The highest BCUT2D eigenvalue weighted by atomic mass is 16.3. The lowest BCUT2D eigenvalue weighted by molar-refractivity contribution is -0.123. The number of carbonyl (C=O) groups is 1. The molecule has 3 nitrogen and oxygen atoms in total. The first kappa shape index (κ1) is 16.7. The maximum atomic E-state index is 12.1. The first-order chi connectivity index (χ1) is 9.31. The summed E-state index contributed by atoms with van der Waals surface area (Å²) < 4.78 is 0. The quantitative estimate of drug-likeness (QED) is 0.838. The highest BCUT2D eigenvalue weighted by molar-refractivity contribution is 5.76. The summed E-state index contributed by atoms with van der Waals surface area (Å²) in [5, 5.41) is 12.3. The van der Waals surface area contributed by atoms with E-state index in [1.807, 2.05) is 30.3 Å². The Bertz CT molecular complexity index is 409. The maximum Gasteiger partial charge on any atom is 0.220 e. The van der Waals surface area contributed by atoms with Crippen molar-refractivity contribution in [3.05, 3.63) is 35.9 Å². The van der Waals surface area contributed by atoms with Crippen LogP contribution in [0.2, 0.25) is 0 Å². The van der Waals surface area contributed by atoms with Crippen molar-refractivity contribution in [1.82, 2.24) is 5.32 Å². The molecule has 2 N–H and O–H groups in total. The summed E-state index contributed by atoms with van der Waals surface area (Å²) in [5.74, 6) is 0.342. The van der Waals surface area contributed by atoms with Crippen LogP contribution in [-0.4, -0.2) is 17.6 Å². The van der Waals surface area contributed by atoms with E-state index in [1.165, 1.54) is 0 Å². The third-order valence-electron chi connectivity index (χ3n) is 3.21. The van der Waals surface area contributed by atoms with Gasteiger partial charge in [0.25, 0.3) is 0 Å². The van der Waals surface area contributed by atoms with Gasteiger partial charge in [0.05, 0.1) is 12.6 Å². The van der Waals surface area contributed by atoms with Crippen LogP contribution in [0.3, 0.4) is 0 Å². The average Bonchev–Trinajstić information content (AvgIpc) is 2.34. The Balaban J connectivity index is 2.52. The predicted molar refractivity (Wildman–Crippen MR) is 82.3 cm³/mol. The smallest absolute Gasteiger partial charge is 0.220 e. The summed E-state index contributed by atoms with van der Waals surface area (Å²) >= 11 is 0. The SMILES string of the molecule is CC(CC(=O)NC(CO)c1ccccc1)CC(C)(C)C. The fourth-order valence-electron chi connectivity index (χ4n) is 2.61. The number of nitrogens with one attached hydrogen (secondary N) is 1. The minimum Gasteiger partial charge on any atom is -0.394 e. The molecule has 0 radical (unpaired) electrons. The van der Waals surface area contributed by atoms with Gasteiger partial charge in [-0.3, -0.25) is 4.79 Å². The summed E-state index contributed by atoms with van der Waals surface area (Å²) in [6.07, 6.45) is 1.51. The van der Waals surface area contributed by atoms with Crippen molar-refractivity contribution in [3.8, 4) is 0 Å². The van der Waals surface area contributed by atoms with Crippen LogP contribution in [0.4, 0.5) is 0 Å². The molecule has 0 saturated carbocycles.